The van der Waals surface area contributed by atoms with E-state index in [1.54, 1.807) is 25.1 Å². The van der Waals surface area contributed by atoms with Crippen LogP contribution >= 0.6 is 0 Å². The lowest BCUT2D eigenvalue weighted by atomic mass is 9.94. The molecule has 26 heavy (non-hydrogen) atoms. The first-order valence-corrected chi connectivity index (χ1v) is 8.87. The van der Waals surface area contributed by atoms with Crippen molar-refractivity contribution in [3.63, 3.8) is 0 Å². The summed E-state index contributed by atoms with van der Waals surface area (Å²) in [6.07, 6.45) is 5.41. The zero-order valence-corrected chi connectivity index (χ0v) is 15.8. The molecule has 0 fully saturated rings. The molecular formula is C20H25N3O3. The first-order valence-electron chi connectivity index (χ1n) is 8.87. The van der Waals surface area contributed by atoms with E-state index in [4.69, 9.17) is 4.42 Å². The molecule has 2 amide bonds. The van der Waals surface area contributed by atoms with Gasteiger partial charge >= 0.3 is 0 Å². The monoisotopic (exact) mass is 355 g/mol. The minimum absolute atomic E-state index is 0.0192. The number of carbonyl (C=O) groups is 2. The summed E-state index contributed by atoms with van der Waals surface area (Å²) in [7, 11) is 3.72. The molecule has 0 spiro atoms. The third kappa shape index (κ3) is 4.05. The number of imide groups is 1. The van der Waals surface area contributed by atoms with Gasteiger partial charge in [-0.2, -0.15) is 5.26 Å². The van der Waals surface area contributed by atoms with Gasteiger partial charge in [0.1, 0.15) is 17.4 Å². The van der Waals surface area contributed by atoms with E-state index in [-0.39, 0.29) is 11.5 Å². The van der Waals surface area contributed by atoms with Crippen molar-refractivity contribution in [2.75, 3.05) is 25.5 Å². The van der Waals surface area contributed by atoms with Crippen LogP contribution in [0.1, 0.15) is 45.3 Å². The molecule has 2 heterocycles. The van der Waals surface area contributed by atoms with Crippen molar-refractivity contribution in [2.45, 2.75) is 39.5 Å². The van der Waals surface area contributed by atoms with E-state index in [0.717, 1.165) is 25.7 Å². The molecule has 0 bridgehead atoms. The Morgan fingerprint density at radius 2 is 1.92 bits per heavy atom. The van der Waals surface area contributed by atoms with Crippen molar-refractivity contribution in [1.29, 1.82) is 5.26 Å². The van der Waals surface area contributed by atoms with Crippen LogP contribution < -0.4 is 4.90 Å². The first-order chi connectivity index (χ1) is 12.4. The summed E-state index contributed by atoms with van der Waals surface area (Å²) in [5.41, 5.74) is 0.747. The molecule has 0 unspecified atom stereocenters. The predicted molar refractivity (Wildman–Crippen MR) is 100 cm³/mol. The van der Waals surface area contributed by atoms with E-state index in [2.05, 4.69) is 6.92 Å². The molecule has 2 rings (SSSR count). The van der Waals surface area contributed by atoms with E-state index >= 15 is 0 Å². The average Bonchev–Trinajstić information content (AvgIpc) is 3.07. The predicted octanol–water partition coefficient (Wildman–Crippen LogP) is 3.52. The maximum absolute atomic E-state index is 12.9. The molecule has 0 saturated carbocycles. The highest BCUT2D eigenvalue weighted by Gasteiger charge is 2.35. The number of furan rings is 1. The zero-order chi connectivity index (χ0) is 19.3. The number of anilines is 1. The molecular weight excluding hydrogens is 330 g/mol. The summed E-state index contributed by atoms with van der Waals surface area (Å²) in [5, 5.41) is 9.38. The topological polar surface area (TPSA) is 77.6 Å². The fourth-order valence-corrected chi connectivity index (χ4v) is 2.83. The Balaban J connectivity index is 2.35. The number of carbonyl (C=O) groups excluding carboxylic acids is 2. The van der Waals surface area contributed by atoms with Crippen LogP contribution in [0.3, 0.4) is 0 Å². The molecule has 0 saturated heterocycles. The lowest BCUT2D eigenvalue weighted by Crippen LogP contribution is -2.43. The van der Waals surface area contributed by atoms with E-state index < -0.39 is 5.91 Å². The Morgan fingerprint density at radius 1 is 1.19 bits per heavy atom. The van der Waals surface area contributed by atoms with E-state index in [0.29, 0.717) is 29.3 Å². The fourth-order valence-electron chi connectivity index (χ4n) is 2.83. The maximum atomic E-state index is 12.9. The van der Waals surface area contributed by atoms with E-state index in [9.17, 15) is 14.9 Å². The van der Waals surface area contributed by atoms with Gasteiger partial charge in [0.05, 0.1) is 0 Å². The molecule has 0 radical (unpaired) electrons. The standard InChI is InChI=1S/C20H25N3O3/c1-5-6-7-8-11-23-19(24)16(14(2)17(13-21)20(23)25)12-15-9-10-18(26-15)22(3)4/h9-10,12H,5-8,11H2,1-4H3. The normalized spacial score (nSPS) is 16.4. The van der Waals surface area contributed by atoms with Crippen LogP contribution in [0, 0.1) is 11.3 Å². The van der Waals surface area contributed by atoms with Gasteiger partial charge in [-0.05, 0) is 31.1 Å². The molecule has 0 atom stereocenters. The molecule has 138 valence electrons. The van der Waals surface area contributed by atoms with Crippen molar-refractivity contribution >= 4 is 23.8 Å². The van der Waals surface area contributed by atoms with Crippen molar-refractivity contribution < 1.29 is 14.0 Å². The molecule has 0 aliphatic carbocycles. The van der Waals surface area contributed by atoms with E-state index in [1.165, 1.54) is 4.90 Å². The van der Waals surface area contributed by atoms with Crippen LogP contribution in [0.4, 0.5) is 5.88 Å². The fraction of sp³-hybridized carbons (Fsp3) is 0.450. The van der Waals surface area contributed by atoms with Gasteiger partial charge in [0, 0.05) is 32.3 Å². The van der Waals surface area contributed by atoms with Crippen LogP contribution in [0.5, 0.6) is 0 Å². The van der Waals surface area contributed by atoms with Gasteiger partial charge in [0.25, 0.3) is 11.8 Å². The second-order valence-electron chi connectivity index (χ2n) is 6.56. The number of hydrogen-bond acceptors (Lipinski definition) is 5. The summed E-state index contributed by atoms with van der Waals surface area (Å²) in [6, 6.07) is 5.52. The average molecular weight is 355 g/mol. The van der Waals surface area contributed by atoms with Crippen LogP contribution in [-0.4, -0.2) is 37.4 Å². The number of hydrogen-bond donors (Lipinski definition) is 0. The summed E-state index contributed by atoms with van der Waals surface area (Å²) >= 11 is 0. The van der Waals surface area contributed by atoms with Crippen LogP contribution in [0.15, 0.2) is 33.3 Å². The highest BCUT2D eigenvalue weighted by Crippen LogP contribution is 2.28. The van der Waals surface area contributed by atoms with Gasteiger partial charge in [0.15, 0.2) is 5.88 Å². The Kier molecular flexibility index (Phi) is 6.40. The SMILES string of the molecule is CCCCCCN1C(=O)C(=Cc2ccc(N(C)C)o2)C(C)=C(C#N)C1=O. The number of nitrogens with zero attached hydrogens (tertiary/aromatic N) is 3. The Morgan fingerprint density at radius 3 is 2.50 bits per heavy atom. The number of rotatable bonds is 7. The van der Waals surface area contributed by atoms with Crippen molar-refractivity contribution in [2.24, 2.45) is 0 Å². The van der Waals surface area contributed by atoms with Crippen LogP contribution in [0.2, 0.25) is 0 Å². The van der Waals surface area contributed by atoms with Crippen LogP contribution in [-0.2, 0) is 9.59 Å². The quantitative estimate of drug-likeness (QED) is 0.425. The van der Waals surface area contributed by atoms with Gasteiger partial charge in [0.2, 0.25) is 0 Å². The molecule has 1 aliphatic heterocycles. The summed E-state index contributed by atoms with van der Waals surface area (Å²) < 4.78 is 5.68. The highest BCUT2D eigenvalue weighted by molar-refractivity contribution is 6.19. The van der Waals surface area contributed by atoms with Gasteiger partial charge in [-0.15, -0.1) is 0 Å². The second-order valence-corrected chi connectivity index (χ2v) is 6.56. The molecule has 0 aromatic carbocycles. The molecule has 6 heteroatoms. The second kappa shape index (κ2) is 8.52. The highest BCUT2D eigenvalue weighted by atomic mass is 16.4. The number of unbranched alkanes of at least 4 members (excludes halogenated alkanes) is 3. The summed E-state index contributed by atoms with van der Waals surface area (Å²) in [6.45, 7) is 4.06. The Labute approximate surface area is 154 Å². The number of amides is 2. The minimum Gasteiger partial charge on any atom is -0.441 e. The first kappa shape index (κ1) is 19.5. The van der Waals surface area contributed by atoms with Gasteiger partial charge in [-0.25, -0.2) is 0 Å². The third-order valence-electron chi connectivity index (χ3n) is 4.40. The molecule has 1 aromatic rings. The summed E-state index contributed by atoms with van der Waals surface area (Å²) in [4.78, 5) is 28.4. The lowest BCUT2D eigenvalue weighted by Gasteiger charge is -2.27. The van der Waals surface area contributed by atoms with Gasteiger partial charge < -0.3 is 9.32 Å². The van der Waals surface area contributed by atoms with Gasteiger partial charge in [-0.3, -0.25) is 14.5 Å². The van der Waals surface area contributed by atoms with E-state index in [1.807, 2.05) is 25.1 Å². The Hall–Kier alpha value is -2.81. The van der Waals surface area contributed by atoms with Crippen molar-refractivity contribution in [3.8, 4) is 6.07 Å². The van der Waals surface area contributed by atoms with Crippen LogP contribution in [0.25, 0.3) is 6.08 Å². The largest absolute Gasteiger partial charge is 0.441 e. The maximum Gasteiger partial charge on any atom is 0.271 e. The minimum atomic E-state index is -0.503. The number of nitriles is 1. The zero-order valence-electron chi connectivity index (χ0n) is 15.8. The third-order valence-corrected chi connectivity index (χ3v) is 4.40. The molecule has 1 aromatic heterocycles. The lowest BCUT2D eigenvalue weighted by molar-refractivity contribution is -0.140. The van der Waals surface area contributed by atoms with Gasteiger partial charge in [-0.1, -0.05) is 26.2 Å². The smallest absolute Gasteiger partial charge is 0.271 e. The molecule has 1 aliphatic rings. The Bertz CT molecular complexity index is 793. The molecule has 6 nitrogen and oxygen atoms in total. The molecule has 0 N–H and O–H groups in total. The summed E-state index contributed by atoms with van der Waals surface area (Å²) in [5.74, 6) is 0.298. The van der Waals surface area contributed by atoms with Crippen molar-refractivity contribution in [3.05, 3.63) is 34.6 Å². The van der Waals surface area contributed by atoms with Crippen molar-refractivity contribution in [1.82, 2.24) is 4.90 Å².